The van der Waals surface area contributed by atoms with Gasteiger partial charge in [-0.2, -0.15) is 0 Å². The SMILES string of the molecule is Cc1cccnc1CNC1(C)CCOC1C. The van der Waals surface area contributed by atoms with Crippen LogP contribution in [0.1, 0.15) is 31.5 Å². The van der Waals surface area contributed by atoms with E-state index in [1.165, 1.54) is 5.56 Å². The zero-order valence-corrected chi connectivity index (χ0v) is 10.3. The highest BCUT2D eigenvalue weighted by molar-refractivity contribution is 5.17. The molecule has 2 rings (SSSR count). The van der Waals surface area contributed by atoms with Crippen molar-refractivity contribution in [3.63, 3.8) is 0 Å². The van der Waals surface area contributed by atoms with E-state index in [0.29, 0.717) is 0 Å². The van der Waals surface area contributed by atoms with E-state index in [0.717, 1.165) is 25.3 Å². The summed E-state index contributed by atoms with van der Waals surface area (Å²) in [6, 6.07) is 4.07. The standard InChI is InChI=1S/C13H20N2O/c1-10-5-4-7-14-12(10)9-15-13(3)6-8-16-11(13)2/h4-5,7,11,15H,6,8-9H2,1-3H3. The summed E-state index contributed by atoms with van der Waals surface area (Å²) in [6.45, 7) is 8.12. The van der Waals surface area contributed by atoms with Crippen molar-refractivity contribution in [2.24, 2.45) is 0 Å². The van der Waals surface area contributed by atoms with E-state index in [-0.39, 0.29) is 11.6 Å². The molecule has 16 heavy (non-hydrogen) atoms. The van der Waals surface area contributed by atoms with Crippen molar-refractivity contribution < 1.29 is 4.74 Å². The molecule has 1 saturated heterocycles. The van der Waals surface area contributed by atoms with E-state index in [1.807, 2.05) is 12.3 Å². The zero-order chi connectivity index (χ0) is 11.6. The van der Waals surface area contributed by atoms with E-state index >= 15 is 0 Å². The van der Waals surface area contributed by atoms with Crippen molar-refractivity contribution in [2.75, 3.05) is 6.61 Å². The predicted octanol–water partition coefficient (Wildman–Crippen LogP) is 2.05. The molecule has 0 aliphatic carbocycles. The first-order valence-corrected chi connectivity index (χ1v) is 5.89. The number of nitrogens with one attached hydrogen (secondary N) is 1. The van der Waals surface area contributed by atoms with Gasteiger partial charge in [-0.1, -0.05) is 6.07 Å². The summed E-state index contributed by atoms with van der Waals surface area (Å²) in [5, 5.41) is 3.58. The van der Waals surface area contributed by atoms with Crippen LogP contribution in [0.15, 0.2) is 18.3 Å². The molecule has 1 N–H and O–H groups in total. The Kier molecular flexibility index (Phi) is 3.26. The summed E-state index contributed by atoms with van der Waals surface area (Å²) in [7, 11) is 0. The van der Waals surface area contributed by atoms with Crippen LogP contribution in [-0.2, 0) is 11.3 Å². The Hall–Kier alpha value is -0.930. The molecule has 0 radical (unpaired) electrons. The van der Waals surface area contributed by atoms with Gasteiger partial charge in [-0.25, -0.2) is 0 Å². The fraction of sp³-hybridized carbons (Fsp3) is 0.615. The highest BCUT2D eigenvalue weighted by Crippen LogP contribution is 2.25. The summed E-state index contributed by atoms with van der Waals surface area (Å²) in [6.07, 6.45) is 3.19. The van der Waals surface area contributed by atoms with Crippen molar-refractivity contribution in [3.05, 3.63) is 29.6 Å². The number of hydrogen-bond acceptors (Lipinski definition) is 3. The van der Waals surface area contributed by atoms with Gasteiger partial charge in [0, 0.05) is 24.9 Å². The first-order chi connectivity index (χ1) is 7.62. The van der Waals surface area contributed by atoms with E-state index < -0.39 is 0 Å². The number of rotatable bonds is 3. The molecule has 0 saturated carbocycles. The Morgan fingerprint density at radius 1 is 1.62 bits per heavy atom. The van der Waals surface area contributed by atoms with Crippen LogP contribution in [0.4, 0.5) is 0 Å². The van der Waals surface area contributed by atoms with Gasteiger partial charge < -0.3 is 10.1 Å². The van der Waals surface area contributed by atoms with Crippen molar-refractivity contribution in [3.8, 4) is 0 Å². The maximum Gasteiger partial charge on any atom is 0.0726 e. The summed E-state index contributed by atoms with van der Waals surface area (Å²) in [5.41, 5.74) is 2.46. The zero-order valence-electron chi connectivity index (χ0n) is 10.3. The lowest BCUT2D eigenvalue weighted by molar-refractivity contribution is 0.0880. The lowest BCUT2D eigenvalue weighted by atomic mass is 9.94. The van der Waals surface area contributed by atoms with Gasteiger partial charge in [0.25, 0.3) is 0 Å². The van der Waals surface area contributed by atoms with Crippen LogP contribution < -0.4 is 5.32 Å². The van der Waals surface area contributed by atoms with Crippen LogP contribution in [0.5, 0.6) is 0 Å². The number of aromatic nitrogens is 1. The van der Waals surface area contributed by atoms with Crippen molar-refractivity contribution in [1.29, 1.82) is 0 Å². The highest BCUT2D eigenvalue weighted by Gasteiger charge is 2.36. The van der Waals surface area contributed by atoms with Crippen LogP contribution in [0, 0.1) is 6.92 Å². The van der Waals surface area contributed by atoms with Crippen molar-refractivity contribution in [1.82, 2.24) is 10.3 Å². The Balaban J connectivity index is 2.00. The van der Waals surface area contributed by atoms with Gasteiger partial charge in [-0.15, -0.1) is 0 Å². The molecular weight excluding hydrogens is 200 g/mol. The summed E-state index contributed by atoms with van der Waals surface area (Å²) in [4.78, 5) is 4.39. The number of nitrogens with zero attached hydrogens (tertiary/aromatic N) is 1. The second kappa shape index (κ2) is 4.52. The quantitative estimate of drug-likeness (QED) is 0.846. The number of pyridine rings is 1. The van der Waals surface area contributed by atoms with Gasteiger partial charge in [0.05, 0.1) is 11.8 Å². The second-order valence-corrected chi connectivity index (χ2v) is 4.80. The first-order valence-electron chi connectivity index (χ1n) is 5.89. The van der Waals surface area contributed by atoms with Gasteiger partial charge in [-0.05, 0) is 38.8 Å². The number of ether oxygens (including phenoxy) is 1. The van der Waals surface area contributed by atoms with Crippen LogP contribution in [0.3, 0.4) is 0 Å². The van der Waals surface area contributed by atoms with E-state index in [2.05, 4.69) is 37.1 Å². The molecule has 0 spiro atoms. The molecule has 2 unspecified atom stereocenters. The molecule has 1 aromatic heterocycles. The maximum absolute atomic E-state index is 5.60. The maximum atomic E-state index is 5.60. The average Bonchev–Trinajstić information content (AvgIpc) is 2.59. The lowest BCUT2D eigenvalue weighted by Crippen LogP contribution is -2.47. The monoisotopic (exact) mass is 220 g/mol. The van der Waals surface area contributed by atoms with Crippen molar-refractivity contribution in [2.45, 2.75) is 45.4 Å². The lowest BCUT2D eigenvalue weighted by Gasteiger charge is -2.29. The molecule has 0 aromatic carbocycles. The van der Waals surface area contributed by atoms with Crippen LogP contribution in [-0.4, -0.2) is 23.2 Å². The van der Waals surface area contributed by atoms with Gasteiger partial charge in [0.1, 0.15) is 0 Å². The van der Waals surface area contributed by atoms with Gasteiger partial charge in [-0.3, -0.25) is 4.98 Å². The fourth-order valence-electron chi connectivity index (χ4n) is 2.06. The van der Waals surface area contributed by atoms with Crippen LogP contribution >= 0.6 is 0 Å². The second-order valence-electron chi connectivity index (χ2n) is 4.80. The molecule has 88 valence electrons. The van der Waals surface area contributed by atoms with Crippen LogP contribution in [0.2, 0.25) is 0 Å². The largest absolute Gasteiger partial charge is 0.377 e. The molecular formula is C13H20N2O. The molecule has 3 heteroatoms. The molecule has 1 aliphatic rings. The minimum Gasteiger partial charge on any atom is -0.377 e. The average molecular weight is 220 g/mol. The van der Waals surface area contributed by atoms with Gasteiger partial charge in [0.15, 0.2) is 0 Å². The molecule has 0 bridgehead atoms. The van der Waals surface area contributed by atoms with E-state index in [4.69, 9.17) is 4.74 Å². The molecule has 1 fully saturated rings. The predicted molar refractivity (Wildman–Crippen MR) is 64.2 cm³/mol. The first kappa shape index (κ1) is 11.6. The normalized spacial score (nSPS) is 29.6. The van der Waals surface area contributed by atoms with E-state index in [9.17, 15) is 0 Å². The summed E-state index contributed by atoms with van der Waals surface area (Å²) in [5.74, 6) is 0. The third-order valence-electron chi connectivity index (χ3n) is 3.66. The Morgan fingerprint density at radius 2 is 2.44 bits per heavy atom. The third-order valence-corrected chi connectivity index (χ3v) is 3.66. The summed E-state index contributed by atoms with van der Waals surface area (Å²) < 4.78 is 5.60. The number of hydrogen-bond donors (Lipinski definition) is 1. The van der Waals surface area contributed by atoms with Crippen LogP contribution in [0.25, 0.3) is 0 Å². The Labute approximate surface area is 97.2 Å². The third kappa shape index (κ3) is 2.25. The number of aryl methyl sites for hydroxylation is 1. The van der Waals surface area contributed by atoms with Gasteiger partial charge >= 0.3 is 0 Å². The minimum absolute atomic E-state index is 0.0873. The molecule has 2 heterocycles. The summed E-state index contributed by atoms with van der Waals surface area (Å²) >= 11 is 0. The van der Waals surface area contributed by atoms with Crippen molar-refractivity contribution >= 4 is 0 Å². The fourth-order valence-corrected chi connectivity index (χ4v) is 2.06. The Bertz CT molecular complexity index is 367. The Morgan fingerprint density at radius 3 is 3.06 bits per heavy atom. The topological polar surface area (TPSA) is 34.2 Å². The van der Waals surface area contributed by atoms with Gasteiger partial charge in [0.2, 0.25) is 0 Å². The molecule has 0 amide bonds. The minimum atomic E-state index is 0.0873. The molecule has 3 nitrogen and oxygen atoms in total. The van der Waals surface area contributed by atoms with E-state index in [1.54, 1.807) is 0 Å². The molecule has 1 aliphatic heterocycles. The smallest absolute Gasteiger partial charge is 0.0726 e. The molecule has 1 aromatic rings. The molecule has 2 atom stereocenters. The highest BCUT2D eigenvalue weighted by atomic mass is 16.5.